The number of nitrogens with two attached hydrogens (primary N) is 1. The average molecular weight is 275 g/mol. The molecular weight excluding hydrogens is 262 g/mol. The maximum absolute atomic E-state index is 11.9. The zero-order valence-corrected chi connectivity index (χ0v) is 10.8. The molecule has 0 aliphatic carbocycles. The summed E-state index contributed by atoms with van der Waals surface area (Å²) in [5.74, 6) is 0. The first-order valence-corrected chi connectivity index (χ1v) is 7.02. The van der Waals surface area contributed by atoms with Gasteiger partial charge in [-0.1, -0.05) is 30.3 Å². The highest BCUT2D eigenvalue weighted by atomic mass is 32.2. The molecule has 0 radical (unpaired) electrons. The second-order valence-corrected chi connectivity index (χ2v) is 5.49. The minimum Gasteiger partial charge on any atom is -0.399 e. The number of benzene rings is 2. The first-order chi connectivity index (χ1) is 9.08. The number of hydrogen-bond acceptors (Lipinski definition) is 4. The van der Waals surface area contributed by atoms with Crippen molar-refractivity contribution in [1.29, 1.82) is 0 Å². The highest BCUT2D eigenvalue weighted by Gasteiger charge is 2.11. The van der Waals surface area contributed by atoms with Gasteiger partial charge in [-0.15, -0.1) is 0 Å². The third-order valence-corrected chi connectivity index (χ3v) is 3.62. The van der Waals surface area contributed by atoms with Crippen LogP contribution in [0.4, 0.5) is 5.69 Å². The highest BCUT2D eigenvalue weighted by Crippen LogP contribution is 2.11. The van der Waals surface area contributed by atoms with Crippen molar-refractivity contribution in [1.82, 2.24) is 4.83 Å². The van der Waals surface area contributed by atoms with Crippen LogP contribution in [0.25, 0.3) is 0 Å². The molecule has 0 spiro atoms. The Morgan fingerprint density at radius 3 is 2.26 bits per heavy atom. The largest absolute Gasteiger partial charge is 0.399 e. The number of hydrogen-bond donors (Lipinski definition) is 2. The van der Waals surface area contributed by atoms with Crippen molar-refractivity contribution in [3.05, 3.63) is 60.2 Å². The highest BCUT2D eigenvalue weighted by molar-refractivity contribution is 7.89. The van der Waals surface area contributed by atoms with Gasteiger partial charge in [-0.3, -0.25) is 0 Å². The Kier molecular flexibility index (Phi) is 3.82. The van der Waals surface area contributed by atoms with Crippen molar-refractivity contribution < 1.29 is 8.42 Å². The topological polar surface area (TPSA) is 84.5 Å². The van der Waals surface area contributed by atoms with E-state index < -0.39 is 10.0 Å². The minimum atomic E-state index is -3.65. The van der Waals surface area contributed by atoms with E-state index in [4.69, 9.17) is 5.73 Å². The van der Waals surface area contributed by atoms with Gasteiger partial charge in [0.1, 0.15) is 0 Å². The SMILES string of the molecule is Nc1ccc(S(=O)(=O)NN=Cc2ccccc2)cc1. The summed E-state index contributed by atoms with van der Waals surface area (Å²) in [6.45, 7) is 0. The van der Waals surface area contributed by atoms with Gasteiger partial charge in [0, 0.05) is 5.69 Å². The van der Waals surface area contributed by atoms with Crippen molar-refractivity contribution in [2.75, 3.05) is 5.73 Å². The van der Waals surface area contributed by atoms with Gasteiger partial charge < -0.3 is 5.73 Å². The van der Waals surface area contributed by atoms with Gasteiger partial charge in [0.25, 0.3) is 10.0 Å². The van der Waals surface area contributed by atoms with E-state index in [0.29, 0.717) is 5.69 Å². The zero-order chi connectivity index (χ0) is 13.7. The first-order valence-electron chi connectivity index (χ1n) is 5.53. The summed E-state index contributed by atoms with van der Waals surface area (Å²) in [5, 5.41) is 3.72. The third kappa shape index (κ3) is 3.56. The molecular formula is C13H13N3O2S. The fourth-order valence-corrected chi connectivity index (χ4v) is 2.20. The van der Waals surface area contributed by atoms with Crippen LogP contribution in [0.2, 0.25) is 0 Å². The van der Waals surface area contributed by atoms with Crippen LogP contribution in [0, 0.1) is 0 Å². The lowest BCUT2D eigenvalue weighted by molar-refractivity contribution is 0.584. The van der Waals surface area contributed by atoms with Crippen molar-refractivity contribution in [2.45, 2.75) is 4.90 Å². The van der Waals surface area contributed by atoms with Gasteiger partial charge >= 0.3 is 0 Å². The number of anilines is 1. The first kappa shape index (κ1) is 13.1. The molecule has 0 bridgehead atoms. The van der Waals surface area contributed by atoms with E-state index >= 15 is 0 Å². The normalized spacial score (nSPS) is 11.6. The maximum atomic E-state index is 11.9. The quantitative estimate of drug-likeness (QED) is 0.505. The molecule has 0 amide bonds. The fourth-order valence-electron chi connectivity index (χ4n) is 1.41. The Labute approximate surface area is 111 Å². The molecule has 19 heavy (non-hydrogen) atoms. The van der Waals surface area contributed by atoms with E-state index in [1.807, 2.05) is 30.3 Å². The molecule has 5 nitrogen and oxygen atoms in total. The molecule has 0 aliphatic heterocycles. The summed E-state index contributed by atoms with van der Waals surface area (Å²) in [7, 11) is -3.65. The minimum absolute atomic E-state index is 0.118. The predicted octanol–water partition coefficient (Wildman–Crippen LogP) is 1.58. The second-order valence-electron chi connectivity index (χ2n) is 3.83. The lowest BCUT2D eigenvalue weighted by Gasteiger charge is -2.03. The summed E-state index contributed by atoms with van der Waals surface area (Å²) in [5.41, 5.74) is 6.82. The van der Waals surface area contributed by atoms with Crippen LogP contribution in [0.15, 0.2) is 64.6 Å². The molecule has 2 rings (SSSR count). The van der Waals surface area contributed by atoms with Gasteiger partial charge in [-0.2, -0.15) is 13.5 Å². The molecule has 0 heterocycles. The van der Waals surface area contributed by atoms with Gasteiger partial charge in [0.15, 0.2) is 0 Å². The Balaban J connectivity index is 2.10. The van der Waals surface area contributed by atoms with E-state index in [2.05, 4.69) is 9.93 Å². The lowest BCUT2D eigenvalue weighted by atomic mass is 10.2. The van der Waals surface area contributed by atoms with E-state index in [1.54, 1.807) is 0 Å². The van der Waals surface area contributed by atoms with Crippen LogP contribution in [-0.2, 0) is 10.0 Å². The smallest absolute Gasteiger partial charge is 0.276 e. The van der Waals surface area contributed by atoms with Crippen molar-refractivity contribution in [2.24, 2.45) is 5.10 Å². The molecule has 0 aromatic heterocycles. The monoisotopic (exact) mass is 275 g/mol. The molecule has 0 unspecified atom stereocenters. The number of sulfonamides is 1. The number of nitrogens with zero attached hydrogens (tertiary/aromatic N) is 1. The summed E-state index contributed by atoms with van der Waals surface area (Å²) >= 11 is 0. The zero-order valence-electron chi connectivity index (χ0n) is 10.0. The van der Waals surface area contributed by atoms with E-state index in [9.17, 15) is 8.42 Å². The van der Waals surface area contributed by atoms with Crippen LogP contribution < -0.4 is 10.6 Å². The van der Waals surface area contributed by atoms with Crippen molar-refractivity contribution in [3.8, 4) is 0 Å². The Hall–Kier alpha value is -2.34. The van der Waals surface area contributed by atoms with Gasteiger partial charge in [-0.05, 0) is 29.8 Å². The van der Waals surface area contributed by atoms with E-state index in [1.165, 1.54) is 30.5 Å². The van der Waals surface area contributed by atoms with Gasteiger partial charge in [0.05, 0.1) is 11.1 Å². The molecule has 6 heteroatoms. The summed E-state index contributed by atoms with van der Waals surface area (Å²) < 4.78 is 23.7. The average Bonchev–Trinajstić information content (AvgIpc) is 2.40. The summed E-state index contributed by atoms with van der Waals surface area (Å²) in [4.78, 5) is 2.26. The molecule has 2 aromatic carbocycles. The molecule has 0 saturated carbocycles. The maximum Gasteiger partial charge on any atom is 0.276 e. The van der Waals surface area contributed by atoms with Crippen LogP contribution in [-0.4, -0.2) is 14.6 Å². The lowest BCUT2D eigenvalue weighted by Crippen LogP contribution is -2.18. The Morgan fingerprint density at radius 1 is 1.00 bits per heavy atom. The van der Waals surface area contributed by atoms with Crippen molar-refractivity contribution >= 4 is 21.9 Å². The second kappa shape index (κ2) is 5.53. The van der Waals surface area contributed by atoms with Crippen LogP contribution in [0.5, 0.6) is 0 Å². The number of hydrazone groups is 1. The molecule has 0 aliphatic rings. The number of rotatable bonds is 4. The standard InChI is InChI=1S/C13H13N3O2S/c14-12-6-8-13(9-7-12)19(17,18)16-15-10-11-4-2-1-3-5-11/h1-10,16H,14H2. The van der Waals surface area contributed by atoms with Crippen LogP contribution in [0.3, 0.4) is 0 Å². The Morgan fingerprint density at radius 2 is 1.63 bits per heavy atom. The molecule has 0 saturated heterocycles. The summed E-state index contributed by atoms with van der Waals surface area (Å²) in [6.07, 6.45) is 1.44. The van der Waals surface area contributed by atoms with Crippen LogP contribution in [0.1, 0.15) is 5.56 Å². The predicted molar refractivity (Wildman–Crippen MR) is 75.2 cm³/mol. The van der Waals surface area contributed by atoms with E-state index in [0.717, 1.165) is 5.56 Å². The van der Waals surface area contributed by atoms with Gasteiger partial charge in [-0.25, -0.2) is 4.83 Å². The van der Waals surface area contributed by atoms with Gasteiger partial charge in [0.2, 0.25) is 0 Å². The van der Waals surface area contributed by atoms with Crippen molar-refractivity contribution in [3.63, 3.8) is 0 Å². The molecule has 0 fully saturated rings. The number of nitrogen functional groups attached to an aromatic ring is 1. The fraction of sp³-hybridized carbons (Fsp3) is 0. The third-order valence-electron chi connectivity index (χ3n) is 2.38. The van der Waals surface area contributed by atoms with Crippen LogP contribution >= 0.6 is 0 Å². The van der Waals surface area contributed by atoms with E-state index in [-0.39, 0.29) is 4.90 Å². The number of nitrogens with one attached hydrogen (secondary N) is 1. The molecule has 98 valence electrons. The molecule has 3 N–H and O–H groups in total. The molecule has 0 atom stereocenters. The molecule has 2 aromatic rings. The Bertz CT molecular complexity index is 665. The summed E-state index contributed by atoms with van der Waals surface area (Å²) in [6, 6.07) is 15.1.